The molecular formula is C17H25BrN2O. The fourth-order valence-corrected chi connectivity index (χ4v) is 3.32. The predicted octanol–water partition coefficient (Wildman–Crippen LogP) is 3.98. The standard InChI is InChI=1S/C17H25BrN2O/c1-4-12-10-14(18)7-8-15(12)20-16(21)17(2,3)13-6-5-9-19-11-13/h7-8,10,13,19H,4-6,9,11H2,1-3H3,(H,20,21). The van der Waals surface area contributed by atoms with Gasteiger partial charge < -0.3 is 10.6 Å². The summed E-state index contributed by atoms with van der Waals surface area (Å²) in [4.78, 5) is 12.7. The van der Waals surface area contributed by atoms with E-state index in [1.54, 1.807) is 0 Å². The number of carbonyl (C=O) groups is 1. The second-order valence-corrected chi connectivity index (χ2v) is 7.29. The third-order valence-electron chi connectivity index (χ3n) is 4.60. The molecule has 2 N–H and O–H groups in total. The van der Waals surface area contributed by atoms with Crippen molar-refractivity contribution in [2.45, 2.75) is 40.0 Å². The molecule has 116 valence electrons. The lowest BCUT2D eigenvalue weighted by atomic mass is 9.74. The maximum atomic E-state index is 12.7. The summed E-state index contributed by atoms with van der Waals surface area (Å²) in [6, 6.07) is 6.03. The highest BCUT2D eigenvalue weighted by molar-refractivity contribution is 9.10. The fraction of sp³-hybridized carbons (Fsp3) is 0.588. The number of carbonyl (C=O) groups excluding carboxylic acids is 1. The molecule has 1 heterocycles. The van der Waals surface area contributed by atoms with Gasteiger partial charge in [-0.05, 0) is 62.0 Å². The van der Waals surface area contributed by atoms with Crippen LogP contribution in [-0.4, -0.2) is 19.0 Å². The van der Waals surface area contributed by atoms with Gasteiger partial charge in [-0.25, -0.2) is 0 Å². The second kappa shape index (κ2) is 6.93. The van der Waals surface area contributed by atoms with Crippen molar-refractivity contribution in [3.05, 3.63) is 28.2 Å². The van der Waals surface area contributed by atoms with Crippen LogP contribution in [0.5, 0.6) is 0 Å². The fourth-order valence-electron chi connectivity index (χ4n) is 2.91. The van der Waals surface area contributed by atoms with Crippen molar-refractivity contribution in [1.29, 1.82) is 0 Å². The number of aryl methyl sites for hydroxylation is 1. The van der Waals surface area contributed by atoms with Crippen LogP contribution >= 0.6 is 15.9 Å². The van der Waals surface area contributed by atoms with Crippen molar-refractivity contribution in [2.75, 3.05) is 18.4 Å². The molecule has 0 aliphatic carbocycles. The Labute approximate surface area is 136 Å². The van der Waals surface area contributed by atoms with Crippen molar-refractivity contribution in [1.82, 2.24) is 5.32 Å². The third-order valence-corrected chi connectivity index (χ3v) is 5.09. The minimum Gasteiger partial charge on any atom is -0.325 e. The van der Waals surface area contributed by atoms with Crippen LogP contribution in [0, 0.1) is 11.3 Å². The van der Waals surface area contributed by atoms with Gasteiger partial charge in [-0.2, -0.15) is 0 Å². The third kappa shape index (κ3) is 3.86. The van der Waals surface area contributed by atoms with Gasteiger partial charge in [-0.1, -0.05) is 36.7 Å². The van der Waals surface area contributed by atoms with Crippen LogP contribution in [0.25, 0.3) is 0 Å². The van der Waals surface area contributed by atoms with Gasteiger partial charge in [0.1, 0.15) is 0 Å². The highest BCUT2D eigenvalue weighted by Gasteiger charge is 2.37. The summed E-state index contributed by atoms with van der Waals surface area (Å²) in [5.74, 6) is 0.514. The van der Waals surface area contributed by atoms with E-state index in [-0.39, 0.29) is 11.3 Å². The number of nitrogens with one attached hydrogen (secondary N) is 2. The topological polar surface area (TPSA) is 41.1 Å². The van der Waals surface area contributed by atoms with Crippen LogP contribution in [-0.2, 0) is 11.2 Å². The molecule has 0 spiro atoms. The van der Waals surface area contributed by atoms with Crippen molar-refractivity contribution < 1.29 is 4.79 Å². The van der Waals surface area contributed by atoms with Crippen LogP contribution in [0.15, 0.2) is 22.7 Å². The molecule has 1 atom stereocenters. The van der Waals surface area contributed by atoms with E-state index in [0.717, 1.165) is 48.1 Å². The highest BCUT2D eigenvalue weighted by Crippen LogP contribution is 2.33. The van der Waals surface area contributed by atoms with Crippen molar-refractivity contribution in [2.24, 2.45) is 11.3 Å². The number of hydrogen-bond donors (Lipinski definition) is 2. The summed E-state index contributed by atoms with van der Waals surface area (Å²) >= 11 is 3.48. The van der Waals surface area contributed by atoms with Crippen LogP contribution in [0.1, 0.15) is 39.2 Å². The summed E-state index contributed by atoms with van der Waals surface area (Å²) in [5.41, 5.74) is 1.74. The summed E-state index contributed by atoms with van der Waals surface area (Å²) < 4.78 is 1.05. The van der Waals surface area contributed by atoms with Crippen LogP contribution in [0.3, 0.4) is 0 Å². The van der Waals surface area contributed by atoms with Gasteiger partial charge in [-0.3, -0.25) is 4.79 Å². The van der Waals surface area contributed by atoms with Gasteiger partial charge in [0, 0.05) is 15.6 Å². The molecule has 3 nitrogen and oxygen atoms in total. The molecule has 0 aromatic heterocycles. The first-order chi connectivity index (χ1) is 9.95. The quantitative estimate of drug-likeness (QED) is 0.860. The van der Waals surface area contributed by atoms with Crippen molar-refractivity contribution in [3.63, 3.8) is 0 Å². The number of amides is 1. The van der Waals surface area contributed by atoms with Gasteiger partial charge in [0.25, 0.3) is 0 Å². The smallest absolute Gasteiger partial charge is 0.230 e. The lowest BCUT2D eigenvalue weighted by Crippen LogP contribution is -2.44. The molecule has 0 saturated carbocycles. The molecule has 1 fully saturated rings. The number of anilines is 1. The predicted molar refractivity (Wildman–Crippen MR) is 91.5 cm³/mol. The maximum Gasteiger partial charge on any atom is 0.230 e. The molecule has 21 heavy (non-hydrogen) atoms. The highest BCUT2D eigenvalue weighted by atomic mass is 79.9. The molecule has 1 saturated heterocycles. The molecule has 1 aromatic rings. The summed E-state index contributed by atoms with van der Waals surface area (Å²) in [5, 5.41) is 6.54. The molecular weight excluding hydrogens is 328 g/mol. The van der Waals surface area contributed by atoms with E-state index in [1.165, 1.54) is 0 Å². The summed E-state index contributed by atoms with van der Waals surface area (Å²) in [7, 11) is 0. The first-order valence-corrected chi connectivity index (χ1v) is 8.55. The van der Waals surface area contributed by atoms with Crippen LogP contribution in [0.2, 0.25) is 0 Å². The first-order valence-electron chi connectivity index (χ1n) is 7.75. The molecule has 2 rings (SSSR count). The summed E-state index contributed by atoms with van der Waals surface area (Å²) in [6.45, 7) is 8.23. The molecule has 1 unspecified atom stereocenters. The van der Waals surface area contributed by atoms with Gasteiger partial charge in [-0.15, -0.1) is 0 Å². The summed E-state index contributed by atoms with van der Waals surface area (Å²) in [6.07, 6.45) is 3.18. The number of halogens is 1. The first kappa shape index (κ1) is 16.5. The number of hydrogen-bond acceptors (Lipinski definition) is 2. The maximum absolute atomic E-state index is 12.7. The molecule has 1 aliphatic rings. The lowest BCUT2D eigenvalue weighted by Gasteiger charge is -2.36. The molecule has 1 amide bonds. The average molecular weight is 353 g/mol. The Hall–Kier alpha value is -0.870. The largest absolute Gasteiger partial charge is 0.325 e. The van der Waals surface area contributed by atoms with E-state index >= 15 is 0 Å². The molecule has 4 heteroatoms. The van der Waals surface area contributed by atoms with Crippen molar-refractivity contribution >= 4 is 27.5 Å². The van der Waals surface area contributed by atoms with E-state index in [0.29, 0.717) is 5.92 Å². The Balaban J connectivity index is 2.13. The number of rotatable bonds is 4. The van der Waals surface area contributed by atoms with E-state index in [1.807, 2.05) is 12.1 Å². The number of benzene rings is 1. The molecule has 1 aromatic carbocycles. The Bertz CT molecular complexity index is 508. The van der Waals surface area contributed by atoms with Gasteiger partial charge in [0.05, 0.1) is 0 Å². The monoisotopic (exact) mass is 352 g/mol. The number of piperidine rings is 1. The van der Waals surface area contributed by atoms with Gasteiger partial charge in [0.15, 0.2) is 0 Å². The average Bonchev–Trinajstić information content (AvgIpc) is 2.49. The van der Waals surface area contributed by atoms with E-state index in [4.69, 9.17) is 0 Å². The lowest BCUT2D eigenvalue weighted by molar-refractivity contribution is -0.127. The SMILES string of the molecule is CCc1cc(Br)ccc1NC(=O)C(C)(C)C1CCCNC1. The van der Waals surface area contributed by atoms with E-state index in [2.05, 4.69) is 53.4 Å². The van der Waals surface area contributed by atoms with Crippen LogP contribution < -0.4 is 10.6 Å². The molecule has 1 aliphatic heterocycles. The van der Waals surface area contributed by atoms with Crippen molar-refractivity contribution in [3.8, 4) is 0 Å². The normalized spacial score (nSPS) is 19.3. The zero-order valence-corrected chi connectivity index (χ0v) is 14.7. The molecule has 0 bridgehead atoms. The zero-order valence-electron chi connectivity index (χ0n) is 13.1. The zero-order chi connectivity index (χ0) is 15.5. The minimum atomic E-state index is -0.356. The van der Waals surface area contributed by atoms with Crippen LogP contribution in [0.4, 0.5) is 5.69 Å². The Morgan fingerprint density at radius 1 is 1.48 bits per heavy atom. The van der Waals surface area contributed by atoms with E-state index in [9.17, 15) is 4.79 Å². The Morgan fingerprint density at radius 2 is 2.24 bits per heavy atom. The second-order valence-electron chi connectivity index (χ2n) is 6.37. The Morgan fingerprint density at radius 3 is 2.86 bits per heavy atom. The molecule has 0 radical (unpaired) electrons. The van der Waals surface area contributed by atoms with Gasteiger partial charge in [0.2, 0.25) is 5.91 Å². The van der Waals surface area contributed by atoms with Gasteiger partial charge >= 0.3 is 0 Å². The van der Waals surface area contributed by atoms with E-state index < -0.39 is 0 Å². The Kier molecular flexibility index (Phi) is 5.44. The minimum absolute atomic E-state index is 0.119.